The van der Waals surface area contributed by atoms with Gasteiger partial charge in [-0.05, 0) is 14.0 Å². The van der Waals surface area contributed by atoms with Crippen LogP contribution in [0.15, 0.2) is 5.10 Å². The Kier molecular flexibility index (Phi) is 1.09. The lowest BCUT2D eigenvalue weighted by Crippen LogP contribution is -2.14. The fourth-order valence-corrected chi connectivity index (χ4v) is 0.553. The third kappa shape index (κ3) is 0.742. The monoisotopic (exact) mass is 113 g/mol. The standard InChI is InChI=1S/C4H9N4/c1-4-5-8(3)6-7(4)2/h1-3H3/q-1. The molecule has 1 aliphatic heterocycles. The lowest BCUT2D eigenvalue weighted by atomic mass is 10.7. The van der Waals surface area contributed by atoms with Crippen molar-refractivity contribution in [2.24, 2.45) is 5.10 Å². The summed E-state index contributed by atoms with van der Waals surface area (Å²) in [4.78, 5) is 0. The minimum atomic E-state index is 0.924. The third-order valence-electron chi connectivity index (χ3n) is 1.02. The molecule has 0 amide bonds. The van der Waals surface area contributed by atoms with E-state index in [1.165, 1.54) is 5.12 Å². The summed E-state index contributed by atoms with van der Waals surface area (Å²) >= 11 is 0. The van der Waals surface area contributed by atoms with E-state index in [4.69, 9.17) is 0 Å². The Bertz CT molecular complexity index is 119. The van der Waals surface area contributed by atoms with Crippen molar-refractivity contribution in [3.8, 4) is 0 Å². The number of hydrogen-bond donors (Lipinski definition) is 0. The smallest absolute Gasteiger partial charge is 0.104 e. The second-order valence-corrected chi connectivity index (χ2v) is 1.75. The van der Waals surface area contributed by atoms with Crippen LogP contribution in [0.1, 0.15) is 6.92 Å². The number of rotatable bonds is 0. The highest BCUT2D eigenvalue weighted by molar-refractivity contribution is 5.81. The van der Waals surface area contributed by atoms with Gasteiger partial charge in [0.2, 0.25) is 0 Å². The van der Waals surface area contributed by atoms with Crippen LogP contribution in [0.25, 0.3) is 5.53 Å². The fraction of sp³-hybridized carbons (Fsp3) is 0.750. The first-order chi connectivity index (χ1) is 3.70. The van der Waals surface area contributed by atoms with E-state index in [0.29, 0.717) is 0 Å². The largest absolute Gasteiger partial charge is 0.456 e. The molecule has 0 saturated heterocycles. The number of nitrogens with zero attached hydrogens (tertiary/aromatic N) is 4. The molecule has 0 N–H and O–H groups in total. The highest BCUT2D eigenvalue weighted by Gasteiger charge is 1.97. The molecule has 0 aromatic carbocycles. The lowest BCUT2D eigenvalue weighted by molar-refractivity contribution is 0.403. The third-order valence-corrected chi connectivity index (χ3v) is 1.02. The van der Waals surface area contributed by atoms with E-state index < -0.39 is 0 Å². The van der Waals surface area contributed by atoms with Gasteiger partial charge in [0.15, 0.2) is 0 Å². The second kappa shape index (κ2) is 1.63. The van der Waals surface area contributed by atoms with Crippen molar-refractivity contribution in [1.29, 1.82) is 0 Å². The van der Waals surface area contributed by atoms with Crippen molar-refractivity contribution in [2.45, 2.75) is 6.92 Å². The first kappa shape index (κ1) is 5.37. The summed E-state index contributed by atoms with van der Waals surface area (Å²) in [6, 6.07) is 0. The fourth-order valence-electron chi connectivity index (χ4n) is 0.553. The molecule has 0 atom stereocenters. The van der Waals surface area contributed by atoms with Gasteiger partial charge in [-0.15, -0.1) is 0 Å². The molecule has 0 aromatic rings. The molecule has 0 saturated carbocycles. The Labute approximate surface area is 48.7 Å². The lowest BCUT2D eigenvalue weighted by Gasteiger charge is -2.30. The summed E-state index contributed by atoms with van der Waals surface area (Å²) < 4.78 is 0. The van der Waals surface area contributed by atoms with E-state index in [0.717, 1.165) is 5.84 Å². The molecule has 0 unspecified atom stereocenters. The number of amidine groups is 1. The van der Waals surface area contributed by atoms with E-state index in [1.807, 2.05) is 14.0 Å². The molecule has 1 heterocycles. The number of hydrogen-bond acceptors (Lipinski definition) is 3. The predicted octanol–water partition coefficient (Wildman–Crippen LogP) is 0.401. The van der Waals surface area contributed by atoms with Gasteiger partial charge >= 0.3 is 0 Å². The van der Waals surface area contributed by atoms with Crippen LogP contribution in [0.2, 0.25) is 0 Å². The predicted molar refractivity (Wildman–Crippen MR) is 32.0 cm³/mol. The van der Waals surface area contributed by atoms with Gasteiger partial charge in [-0.1, -0.05) is 0 Å². The molecule has 1 aliphatic rings. The first-order valence-corrected chi connectivity index (χ1v) is 2.44. The Morgan fingerprint density at radius 2 is 2.12 bits per heavy atom. The van der Waals surface area contributed by atoms with Gasteiger partial charge in [-0.25, -0.2) is 0 Å². The molecule has 8 heavy (non-hydrogen) atoms. The molecular formula is C4H9N4-. The van der Waals surface area contributed by atoms with Crippen LogP contribution < -0.4 is 0 Å². The molecule has 0 bridgehead atoms. The zero-order valence-corrected chi connectivity index (χ0v) is 5.29. The van der Waals surface area contributed by atoms with E-state index in [-0.39, 0.29) is 0 Å². The van der Waals surface area contributed by atoms with Crippen molar-refractivity contribution in [1.82, 2.24) is 10.1 Å². The highest BCUT2D eigenvalue weighted by atomic mass is 15.9. The topological polar surface area (TPSA) is 32.9 Å². The summed E-state index contributed by atoms with van der Waals surface area (Å²) in [5.41, 5.74) is 3.93. The minimum Gasteiger partial charge on any atom is -0.456 e. The molecule has 0 radical (unpaired) electrons. The normalized spacial score (nSPS) is 19.6. The maximum atomic E-state index is 3.98. The van der Waals surface area contributed by atoms with Crippen LogP contribution in [0, 0.1) is 0 Å². The zero-order chi connectivity index (χ0) is 6.15. The van der Waals surface area contributed by atoms with Crippen LogP contribution in [0.3, 0.4) is 0 Å². The summed E-state index contributed by atoms with van der Waals surface area (Å²) in [5, 5.41) is 7.24. The molecular weight excluding hydrogens is 104 g/mol. The van der Waals surface area contributed by atoms with E-state index >= 15 is 0 Å². The molecule has 46 valence electrons. The molecule has 1 rings (SSSR count). The quantitative estimate of drug-likeness (QED) is 0.455. The van der Waals surface area contributed by atoms with Crippen molar-refractivity contribution in [3.05, 3.63) is 5.53 Å². The van der Waals surface area contributed by atoms with E-state index in [1.54, 1.807) is 12.1 Å². The van der Waals surface area contributed by atoms with Crippen LogP contribution in [-0.4, -0.2) is 30.1 Å². The average Bonchev–Trinajstić information content (AvgIpc) is 1.85. The average molecular weight is 113 g/mol. The van der Waals surface area contributed by atoms with Crippen LogP contribution >= 0.6 is 0 Å². The maximum Gasteiger partial charge on any atom is 0.104 e. The maximum absolute atomic E-state index is 3.98. The van der Waals surface area contributed by atoms with Gasteiger partial charge in [0.1, 0.15) is 5.84 Å². The van der Waals surface area contributed by atoms with Crippen molar-refractivity contribution >= 4 is 5.84 Å². The minimum absolute atomic E-state index is 0.924. The molecule has 0 aliphatic carbocycles. The SMILES string of the molecule is CC1=NN(C)[N-]N1C. The van der Waals surface area contributed by atoms with Gasteiger partial charge in [0.05, 0.1) is 0 Å². The van der Waals surface area contributed by atoms with E-state index in [9.17, 15) is 0 Å². The molecule has 4 heteroatoms. The van der Waals surface area contributed by atoms with Crippen LogP contribution in [-0.2, 0) is 0 Å². The van der Waals surface area contributed by atoms with Crippen molar-refractivity contribution < 1.29 is 0 Å². The summed E-state index contributed by atoms with van der Waals surface area (Å²) in [6.45, 7) is 1.91. The van der Waals surface area contributed by atoms with Crippen molar-refractivity contribution in [3.63, 3.8) is 0 Å². The van der Waals surface area contributed by atoms with Crippen LogP contribution in [0.5, 0.6) is 0 Å². The zero-order valence-electron chi connectivity index (χ0n) is 5.29. The summed E-state index contributed by atoms with van der Waals surface area (Å²) in [6.07, 6.45) is 0. The molecule has 0 fully saturated rings. The van der Waals surface area contributed by atoms with Gasteiger partial charge in [-0.3, -0.25) is 0 Å². The highest BCUT2D eigenvalue weighted by Crippen LogP contribution is 2.09. The second-order valence-electron chi connectivity index (χ2n) is 1.75. The van der Waals surface area contributed by atoms with Gasteiger partial charge < -0.3 is 15.7 Å². The van der Waals surface area contributed by atoms with Gasteiger partial charge in [-0.2, -0.15) is 5.10 Å². The summed E-state index contributed by atoms with van der Waals surface area (Å²) in [5.74, 6) is 0.924. The Morgan fingerprint density at radius 3 is 2.25 bits per heavy atom. The van der Waals surface area contributed by atoms with Gasteiger partial charge in [0, 0.05) is 7.05 Å². The van der Waals surface area contributed by atoms with E-state index in [2.05, 4.69) is 10.6 Å². The molecule has 4 nitrogen and oxygen atoms in total. The molecule has 0 aromatic heterocycles. The Balaban J connectivity index is 2.59. The van der Waals surface area contributed by atoms with Crippen molar-refractivity contribution in [2.75, 3.05) is 14.1 Å². The van der Waals surface area contributed by atoms with Gasteiger partial charge in [0.25, 0.3) is 0 Å². The first-order valence-electron chi connectivity index (χ1n) is 2.44. The Morgan fingerprint density at radius 1 is 1.50 bits per heavy atom. The molecule has 0 spiro atoms. The number of hydrazone groups is 1. The Hall–Kier alpha value is -0.770. The summed E-state index contributed by atoms with van der Waals surface area (Å²) in [7, 11) is 3.66. The van der Waals surface area contributed by atoms with Crippen LogP contribution in [0.4, 0.5) is 0 Å².